The number of piperidine rings is 1. The van der Waals surface area contributed by atoms with Gasteiger partial charge in [0.05, 0.1) is 17.9 Å². The van der Waals surface area contributed by atoms with Gasteiger partial charge in [0.25, 0.3) is 0 Å². The van der Waals surface area contributed by atoms with Gasteiger partial charge in [0.15, 0.2) is 0 Å². The van der Waals surface area contributed by atoms with Crippen molar-refractivity contribution < 1.29 is 17.9 Å². The van der Waals surface area contributed by atoms with Crippen molar-refractivity contribution in [3.05, 3.63) is 53.0 Å². The van der Waals surface area contributed by atoms with Gasteiger partial charge in [-0.3, -0.25) is 4.79 Å². The third kappa shape index (κ3) is 4.69. The van der Waals surface area contributed by atoms with Crippen LogP contribution < -0.4 is 10.1 Å². The Labute approximate surface area is 167 Å². The summed E-state index contributed by atoms with van der Waals surface area (Å²) in [5.41, 5.74) is 0.693. The number of carbonyl (C=O) groups excluding carboxylic acids is 1. The summed E-state index contributed by atoms with van der Waals surface area (Å²) in [5, 5.41) is 2.87. The molecule has 1 saturated heterocycles. The number of hydrogen-bond acceptors (Lipinski definition) is 4. The predicted octanol–water partition coefficient (Wildman–Crippen LogP) is 3.50. The quantitative estimate of drug-likeness (QED) is 0.752. The molecule has 2 aromatic rings. The van der Waals surface area contributed by atoms with E-state index in [0.717, 1.165) is 4.47 Å². The number of ether oxygens (including phenoxy) is 1. The zero-order chi connectivity index (χ0) is 19.4. The third-order valence-corrected chi connectivity index (χ3v) is 6.97. The van der Waals surface area contributed by atoms with Crippen LogP contribution in [0.5, 0.6) is 5.75 Å². The molecule has 0 unspecified atom stereocenters. The number of nitrogens with one attached hydrogen (secondary N) is 1. The van der Waals surface area contributed by atoms with Crippen LogP contribution in [-0.4, -0.2) is 38.8 Å². The van der Waals surface area contributed by atoms with Crippen molar-refractivity contribution in [3.8, 4) is 5.75 Å². The number of amides is 1. The summed E-state index contributed by atoms with van der Waals surface area (Å²) in [6.07, 6.45) is 1.31. The lowest BCUT2D eigenvalue weighted by molar-refractivity contribution is -0.120. The Hall–Kier alpha value is -1.90. The smallest absolute Gasteiger partial charge is 0.243 e. The SMILES string of the molecule is COc1ccc(S(=O)(=O)N2CCC[C@H](C(=O)Nc3ccc(Br)cc3)C2)cc1. The maximum Gasteiger partial charge on any atom is 0.243 e. The Morgan fingerprint density at radius 3 is 2.44 bits per heavy atom. The van der Waals surface area contributed by atoms with Gasteiger partial charge in [0, 0.05) is 23.2 Å². The van der Waals surface area contributed by atoms with E-state index < -0.39 is 10.0 Å². The van der Waals surface area contributed by atoms with Crippen molar-refractivity contribution in [2.75, 3.05) is 25.5 Å². The van der Waals surface area contributed by atoms with E-state index in [2.05, 4.69) is 21.2 Å². The average Bonchev–Trinajstić information content (AvgIpc) is 2.70. The molecule has 1 atom stereocenters. The standard InChI is InChI=1S/C19H21BrN2O4S/c1-26-17-8-10-18(11-9-17)27(24,25)22-12-2-3-14(13-22)19(23)21-16-6-4-15(20)5-7-16/h4-11,14H,2-3,12-13H2,1H3,(H,21,23)/t14-/m0/s1. The molecule has 1 aliphatic rings. The fourth-order valence-electron chi connectivity index (χ4n) is 3.05. The Morgan fingerprint density at radius 1 is 1.15 bits per heavy atom. The first kappa shape index (κ1) is 19.9. The van der Waals surface area contributed by atoms with E-state index >= 15 is 0 Å². The molecule has 1 aliphatic heterocycles. The molecule has 6 nitrogen and oxygen atoms in total. The zero-order valence-corrected chi connectivity index (χ0v) is 17.3. The highest BCUT2D eigenvalue weighted by Gasteiger charge is 2.33. The largest absolute Gasteiger partial charge is 0.497 e. The van der Waals surface area contributed by atoms with Crippen LogP contribution in [0.15, 0.2) is 57.9 Å². The molecular weight excluding hydrogens is 432 g/mol. The van der Waals surface area contributed by atoms with Crippen molar-refractivity contribution in [3.63, 3.8) is 0 Å². The summed E-state index contributed by atoms with van der Waals surface area (Å²) in [6.45, 7) is 0.590. The van der Waals surface area contributed by atoms with E-state index in [1.165, 1.54) is 23.5 Å². The van der Waals surface area contributed by atoms with E-state index in [-0.39, 0.29) is 23.3 Å². The highest BCUT2D eigenvalue weighted by molar-refractivity contribution is 9.10. The maximum absolute atomic E-state index is 12.9. The Kier molecular flexibility index (Phi) is 6.18. The molecule has 3 rings (SSSR count). The lowest BCUT2D eigenvalue weighted by atomic mass is 9.99. The van der Waals surface area contributed by atoms with Crippen LogP contribution in [0.3, 0.4) is 0 Å². The van der Waals surface area contributed by atoms with Crippen LogP contribution in [0.1, 0.15) is 12.8 Å². The molecule has 0 radical (unpaired) electrons. The van der Waals surface area contributed by atoms with Gasteiger partial charge in [-0.15, -0.1) is 0 Å². The molecule has 1 N–H and O–H groups in total. The Bertz CT molecular complexity index is 898. The molecule has 0 aromatic heterocycles. The Morgan fingerprint density at radius 2 is 1.81 bits per heavy atom. The second kappa shape index (κ2) is 8.41. The summed E-state index contributed by atoms with van der Waals surface area (Å²) in [5.74, 6) is 0.0571. The van der Waals surface area contributed by atoms with Gasteiger partial charge in [-0.05, 0) is 61.4 Å². The van der Waals surface area contributed by atoms with Crippen LogP contribution in [0, 0.1) is 5.92 Å². The molecule has 8 heteroatoms. The van der Waals surface area contributed by atoms with Crippen molar-refractivity contribution in [1.82, 2.24) is 4.31 Å². The van der Waals surface area contributed by atoms with Gasteiger partial charge in [0.2, 0.25) is 15.9 Å². The number of carbonyl (C=O) groups is 1. The van der Waals surface area contributed by atoms with Gasteiger partial charge >= 0.3 is 0 Å². The van der Waals surface area contributed by atoms with Crippen molar-refractivity contribution in [1.29, 1.82) is 0 Å². The van der Waals surface area contributed by atoms with E-state index in [9.17, 15) is 13.2 Å². The van der Waals surface area contributed by atoms with E-state index in [0.29, 0.717) is 30.8 Å². The minimum absolute atomic E-state index is 0.160. The lowest BCUT2D eigenvalue weighted by Crippen LogP contribution is -2.43. The van der Waals surface area contributed by atoms with Gasteiger partial charge in [0.1, 0.15) is 5.75 Å². The number of rotatable bonds is 5. The summed E-state index contributed by atoms with van der Waals surface area (Å²) < 4.78 is 33.2. The van der Waals surface area contributed by atoms with Crippen LogP contribution in [0.25, 0.3) is 0 Å². The molecule has 1 fully saturated rings. The lowest BCUT2D eigenvalue weighted by Gasteiger charge is -2.31. The molecule has 0 saturated carbocycles. The molecule has 27 heavy (non-hydrogen) atoms. The fraction of sp³-hybridized carbons (Fsp3) is 0.316. The van der Waals surface area contributed by atoms with Crippen molar-refractivity contribution in [2.24, 2.45) is 5.92 Å². The molecule has 2 aromatic carbocycles. The first-order chi connectivity index (χ1) is 12.9. The summed E-state index contributed by atoms with van der Waals surface area (Å²) in [7, 11) is -2.11. The third-order valence-electron chi connectivity index (χ3n) is 4.56. The number of methoxy groups -OCH3 is 1. The van der Waals surface area contributed by atoms with E-state index in [1.807, 2.05) is 12.1 Å². The van der Waals surface area contributed by atoms with Gasteiger partial charge in [-0.2, -0.15) is 4.31 Å². The van der Waals surface area contributed by atoms with Crippen LogP contribution in [0.4, 0.5) is 5.69 Å². The van der Waals surface area contributed by atoms with Crippen LogP contribution in [-0.2, 0) is 14.8 Å². The molecule has 144 valence electrons. The second-order valence-electron chi connectivity index (χ2n) is 6.37. The molecule has 0 spiro atoms. The normalized spacial score (nSPS) is 18.1. The van der Waals surface area contributed by atoms with Crippen LogP contribution in [0.2, 0.25) is 0 Å². The molecule has 1 amide bonds. The zero-order valence-electron chi connectivity index (χ0n) is 14.9. The molecule has 0 aliphatic carbocycles. The number of sulfonamides is 1. The number of benzene rings is 2. The topological polar surface area (TPSA) is 75.7 Å². The molecular formula is C19H21BrN2O4S. The number of halogens is 1. The summed E-state index contributed by atoms with van der Waals surface area (Å²) >= 11 is 3.36. The van der Waals surface area contributed by atoms with E-state index in [1.54, 1.807) is 24.3 Å². The minimum atomic E-state index is -3.64. The number of nitrogens with zero attached hydrogens (tertiary/aromatic N) is 1. The Balaban J connectivity index is 1.70. The maximum atomic E-state index is 12.9. The molecule has 0 bridgehead atoms. The fourth-order valence-corrected chi connectivity index (χ4v) is 4.84. The van der Waals surface area contributed by atoms with Crippen molar-refractivity contribution in [2.45, 2.75) is 17.7 Å². The highest BCUT2D eigenvalue weighted by atomic mass is 79.9. The van der Waals surface area contributed by atoms with Gasteiger partial charge < -0.3 is 10.1 Å². The first-order valence-corrected chi connectivity index (χ1v) is 10.8. The minimum Gasteiger partial charge on any atom is -0.497 e. The average molecular weight is 453 g/mol. The van der Waals surface area contributed by atoms with Gasteiger partial charge in [-0.25, -0.2) is 8.42 Å². The number of anilines is 1. The predicted molar refractivity (Wildman–Crippen MR) is 107 cm³/mol. The summed E-state index contributed by atoms with van der Waals surface area (Å²) in [6, 6.07) is 13.6. The van der Waals surface area contributed by atoms with E-state index in [4.69, 9.17) is 4.74 Å². The second-order valence-corrected chi connectivity index (χ2v) is 9.23. The highest BCUT2D eigenvalue weighted by Crippen LogP contribution is 2.26. The number of hydrogen-bond donors (Lipinski definition) is 1. The van der Waals surface area contributed by atoms with Gasteiger partial charge in [-0.1, -0.05) is 15.9 Å². The monoisotopic (exact) mass is 452 g/mol. The summed E-state index contributed by atoms with van der Waals surface area (Å²) in [4.78, 5) is 12.8. The van der Waals surface area contributed by atoms with Crippen LogP contribution >= 0.6 is 15.9 Å². The molecule has 1 heterocycles. The first-order valence-electron chi connectivity index (χ1n) is 8.61. The van der Waals surface area contributed by atoms with Crippen molar-refractivity contribution >= 4 is 37.5 Å².